The van der Waals surface area contributed by atoms with Crippen LogP contribution >= 0.6 is 11.6 Å². The van der Waals surface area contributed by atoms with Gasteiger partial charge in [0.15, 0.2) is 5.69 Å². The van der Waals surface area contributed by atoms with E-state index in [1.165, 1.54) is 12.4 Å². The first kappa shape index (κ1) is 17.2. The summed E-state index contributed by atoms with van der Waals surface area (Å²) in [6.07, 6.45) is 2.98. The number of piperazine rings is 1. The summed E-state index contributed by atoms with van der Waals surface area (Å²) in [5.74, 6) is -0.447. The maximum absolute atomic E-state index is 12.4. The van der Waals surface area contributed by atoms with Gasteiger partial charge >= 0.3 is 5.97 Å². The van der Waals surface area contributed by atoms with E-state index in [0.29, 0.717) is 37.0 Å². The number of carboxylic acids is 1. The number of carboxylic acid groups (broad SMARTS) is 1. The van der Waals surface area contributed by atoms with Crippen molar-refractivity contribution in [2.24, 2.45) is 0 Å². The minimum Gasteiger partial charge on any atom is -0.476 e. The molecule has 0 bridgehead atoms. The summed E-state index contributed by atoms with van der Waals surface area (Å²) in [5.41, 5.74) is 0.740. The lowest BCUT2D eigenvalue weighted by Gasteiger charge is -2.35. The molecule has 1 aliphatic rings. The summed E-state index contributed by atoms with van der Waals surface area (Å²) in [4.78, 5) is 35.0. The SMILES string of the molecule is O=C(O)c1cnc(N2CCN(C(=O)Cc3ccccc3Cl)CC2)cn1. The molecule has 0 atom stereocenters. The lowest BCUT2D eigenvalue weighted by atomic mass is 10.1. The second kappa shape index (κ2) is 7.48. The molecule has 2 aromatic rings. The van der Waals surface area contributed by atoms with Gasteiger partial charge in [-0.1, -0.05) is 29.8 Å². The van der Waals surface area contributed by atoms with Gasteiger partial charge in [-0.2, -0.15) is 0 Å². The van der Waals surface area contributed by atoms with Crippen LogP contribution in [0.25, 0.3) is 0 Å². The summed E-state index contributed by atoms with van der Waals surface area (Å²) >= 11 is 6.11. The number of rotatable bonds is 4. The fraction of sp³-hybridized carbons (Fsp3) is 0.294. The third kappa shape index (κ3) is 4.06. The van der Waals surface area contributed by atoms with E-state index in [0.717, 1.165) is 5.56 Å². The molecule has 1 aromatic carbocycles. The fourth-order valence-corrected chi connectivity index (χ4v) is 2.90. The van der Waals surface area contributed by atoms with Crippen LogP contribution in [-0.2, 0) is 11.2 Å². The Kier molecular flexibility index (Phi) is 5.14. The number of aromatic nitrogens is 2. The van der Waals surface area contributed by atoms with E-state index in [4.69, 9.17) is 16.7 Å². The van der Waals surface area contributed by atoms with Crippen molar-refractivity contribution in [3.63, 3.8) is 0 Å². The molecule has 7 nitrogen and oxygen atoms in total. The Morgan fingerprint density at radius 3 is 2.40 bits per heavy atom. The van der Waals surface area contributed by atoms with Crippen LogP contribution in [0.4, 0.5) is 5.82 Å². The Balaban J connectivity index is 1.57. The highest BCUT2D eigenvalue weighted by molar-refractivity contribution is 6.31. The van der Waals surface area contributed by atoms with E-state index < -0.39 is 5.97 Å². The molecule has 130 valence electrons. The number of carbonyl (C=O) groups is 2. The van der Waals surface area contributed by atoms with Crippen LogP contribution in [-0.4, -0.2) is 58.0 Å². The van der Waals surface area contributed by atoms with Gasteiger partial charge in [-0.15, -0.1) is 0 Å². The molecular formula is C17H17ClN4O3. The molecule has 1 N–H and O–H groups in total. The summed E-state index contributed by atoms with van der Waals surface area (Å²) in [5, 5.41) is 9.45. The average molecular weight is 361 g/mol. The Labute approximate surface area is 149 Å². The predicted molar refractivity (Wildman–Crippen MR) is 92.9 cm³/mol. The zero-order chi connectivity index (χ0) is 17.8. The standard InChI is InChI=1S/C17H17ClN4O3/c18-13-4-2-1-3-12(13)9-16(23)22-7-5-21(6-8-22)15-11-19-14(10-20-15)17(24)25/h1-4,10-11H,5-9H2,(H,24,25). The number of nitrogens with zero attached hydrogens (tertiary/aromatic N) is 4. The van der Waals surface area contributed by atoms with E-state index in [-0.39, 0.29) is 18.0 Å². The van der Waals surface area contributed by atoms with Gasteiger partial charge in [0.05, 0.1) is 18.8 Å². The number of hydrogen-bond donors (Lipinski definition) is 1. The molecule has 8 heteroatoms. The molecule has 1 aliphatic heterocycles. The van der Waals surface area contributed by atoms with Crippen LogP contribution in [0.3, 0.4) is 0 Å². The van der Waals surface area contributed by atoms with Gasteiger partial charge in [-0.3, -0.25) is 4.79 Å². The first-order chi connectivity index (χ1) is 12.0. The van der Waals surface area contributed by atoms with Crippen molar-refractivity contribution in [1.29, 1.82) is 0 Å². The molecule has 0 radical (unpaired) electrons. The molecule has 0 aliphatic carbocycles. The first-order valence-corrected chi connectivity index (χ1v) is 8.24. The molecule has 25 heavy (non-hydrogen) atoms. The van der Waals surface area contributed by atoms with Gasteiger partial charge in [0.25, 0.3) is 0 Å². The van der Waals surface area contributed by atoms with Gasteiger partial charge < -0.3 is 14.9 Å². The van der Waals surface area contributed by atoms with Crippen molar-refractivity contribution in [3.05, 3.63) is 52.9 Å². The van der Waals surface area contributed by atoms with Crippen molar-refractivity contribution in [3.8, 4) is 0 Å². The molecule has 2 heterocycles. The van der Waals surface area contributed by atoms with Crippen LogP contribution in [0.2, 0.25) is 5.02 Å². The van der Waals surface area contributed by atoms with E-state index in [9.17, 15) is 9.59 Å². The maximum atomic E-state index is 12.4. The number of hydrogen-bond acceptors (Lipinski definition) is 5. The first-order valence-electron chi connectivity index (χ1n) is 7.86. The quantitative estimate of drug-likeness (QED) is 0.893. The largest absolute Gasteiger partial charge is 0.476 e. The third-order valence-electron chi connectivity index (χ3n) is 4.11. The minimum atomic E-state index is -1.10. The van der Waals surface area contributed by atoms with E-state index in [2.05, 4.69) is 9.97 Å². The van der Waals surface area contributed by atoms with Crippen LogP contribution in [0.15, 0.2) is 36.7 Å². The Bertz CT molecular complexity index is 774. The van der Waals surface area contributed by atoms with Crippen molar-refractivity contribution < 1.29 is 14.7 Å². The molecule has 1 fully saturated rings. The second-order valence-corrected chi connectivity index (χ2v) is 6.11. The van der Waals surface area contributed by atoms with Gasteiger partial charge in [0.1, 0.15) is 5.82 Å². The zero-order valence-electron chi connectivity index (χ0n) is 13.4. The van der Waals surface area contributed by atoms with Crippen LogP contribution in [0.1, 0.15) is 16.1 Å². The van der Waals surface area contributed by atoms with Gasteiger partial charge in [-0.25, -0.2) is 14.8 Å². The minimum absolute atomic E-state index is 0.0417. The van der Waals surface area contributed by atoms with Gasteiger partial charge in [0.2, 0.25) is 5.91 Å². The molecule has 0 spiro atoms. The number of amides is 1. The molecule has 1 saturated heterocycles. The Hall–Kier alpha value is -2.67. The Morgan fingerprint density at radius 2 is 1.80 bits per heavy atom. The molecular weight excluding hydrogens is 344 g/mol. The van der Waals surface area contributed by atoms with Gasteiger partial charge in [-0.05, 0) is 11.6 Å². The number of carbonyl (C=O) groups excluding carboxylic acids is 1. The summed E-state index contributed by atoms with van der Waals surface area (Å²) in [6, 6.07) is 7.34. The zero-order valence-corrected chi connectivity index (χ0v) is 14.2. The number of anilines is 1. The second-order valence-electron chi connectivity index (χ2n) is 5.70. The lowest BCUT2D eigenvalue weighted by molar-refractivity contribution is -0.130. The smallest absolute Gasteiger partial charge is 0.356 e. The molecule has 3 rings (SSSR count). The van der Waals surface area contributed by atoms with Crippen LogP contribution in [0.5, 0.6) is 0 Å². The van der Waals surface area contributed by atoms with Crippen molar-refractivity contribution in [1.82, 2.24) is 14.9 Å². The highest BCUT2D eigenvalue weighted by Crippen LogP contribution is 2.18. The summed E-state index contributed by atoms with van der Waals surface area (Å²) < 4.78 is 0. The number of benzene rings is 1. The van der Waals surface area contributed by atoms with Crippen LogP contribution in [0, 0.1) is 0 Å². The highest BCUT2D eigenvalue weighted by Gasteiger charge is 2.22. The van der Waals surface area contributed by atoms with E-state index in [1.807, 2.05) is 23.1 Å². The van der Waals surface area contributed by atoms with Gasteiger partial charge in [0, 0.05) is 31.2 Å². The molecule has 1 aromatic heterocycles. The highest BCUT2D eigenvalue weighted by atomic mass is 35.5. The monoisotopic (exact) mass is 360 g/mol. The summed E-state index contributed by atoms with van der Waals surface area (Å²) in [6.45, 7) is 2.39. The van der Waals surface area contributed by atoms with Crippen molar-refractivity contribution in [2.45, 2.75) is 6.42 Å². The predicted octanol–water partition coefficient (Wildman–Crippen LogP) is 1.72. The third-order valence-corrected chi connectivity index (χ3v) is 4.48. The van der Waals surface area contributed by atoms with E-state index in [1.54, 1.807) is 11.0 Å². The topological polar surface area (TPSA) is 86.6 Å². The molecule has 0 unspecified atom stereocenters. The van der Waals surface area contributed by atoms with E-state index >= 15 is 0 Å². The van der Waals surface area contributed by atoms with Crippen molar-refractivity contribution >= 4 is 29.3 Å². The van der Waals surface area contributed by atoms with Crippen molar-refractivity contribution in [2.75, 3.05) is 31.1 Å². The maximum Gasteiger partial charge on any atom is 0.356 e. The lowest BCUT2D eigenvalue weighted by Crippen LogP contribution is -2.49. The number of halogens is 1. The normalized spacial score (nSPS) is 14.4. The number of aromatic carboxylic acids is 1. The Morgan fingerprint density at radius 1 is 1.08 bits per heavy atom. The average Bonchev–Trinajstić information content (AvgIpc) is 2.64. The van der Waals surface area contributed by atoms with Crippen LogP contribution < -0.4 is 4.90 Å². The fourth-order valence-electron chi connectivity index (χ4n) is 2.70. The summed E-state index contributed by atoms with van der Waals surface area (Å²) in [7, 11) is 0. The molecule has 1 amide bonds. The molecule has 0 saturated carbocycles.